The molecule has 1 amide bonds. The van der Waals surface area contributed by atoms with Crippen LogP contribution in [0.4, 0.5) is 0 Å². The van der Waals surface area contributed by atoms with Crippen molar-refractivity contribution in [1.82, 2.24) is 9.62 Å². The zero-order chi connectivity index (χ0) is 16.2. The Bertz CT molecular complexity index is 676. The zero-order valence-electron chi connectivity index (χ0n) is 12.3. The minimum absolute atomic E-state index is 0.00492. The molecule has 1 aliphatic heterocycles. The van der Waals surface area contributed by atoms with Crippen LogP contribution in [0.15, 0.2) is 29.2 Å². The number of carbonyl (C=O) groups is 1. The van der Waals surface area contributed by atoms with Crippen molar-refractivity contribution < 1.29 is 17.9 Å². The van der Waals surface area contributed by atoms with E-state index in [1.807, 2.05) is 6.92 Å². The molecule has 118 valence electrons. The van der Waals surface area contributed by atoms with Crippen LogP contribution in [0.3, 0.4) is 0 Å². The van der Waals surface area contributed by atoms with Crippen LogP contribution in [0.5, 0.6) is 0 Å². The number of benzene rings is 1. The van der Waals surface area contributed by atoms with Crippen LogP contribution in [-0.2, 0) is 14.8 Å². The van der Waals surface area contributed by atoms with Crippen molar-refractivity contribution in [2.24, 2.45) is 0 Å². The molecule has 6 nitrogen and oxygen atoms in total. The third-order valence-electron chi connectivity index (χ3n) is 3.30. The minimum atomic E-state index is -3.64. The summed E-state index contributed by atoms with van der Waals surface area (Å²) in [5.41, 5.74) is 0.449. The summed E-state index contributed by atoms with van der Waals surface area (Å²) in [7, 11) is -3.64. The van der Waals surface area contributed by atoms with E-state index in [0.717, 1.165) is 0 Å². The summed E-state index contributed by atoms with van der Waals surface area (Å²) >= 11 is 0. The molecule has 1 aliphatic rings. The molecule has 0 spiro atoms. The van der Waals surface area contributed by atoms with Crippen molar-refractivity contribution in [1.29, 1.82) is 0 Å². The Morgan fingerprint density at radius 2 is 2.14 bits per heavy atom. The average Bonchev–Trinajstić information content (AvgIpc) is 2.52. The molecule has 1 saturated heterocycles. The van der Waals surface area contributed by atoms with Crippen LogP contribution in [0.1, 0.15) is 17.3 Å². The van der Waals surface area contributed by atoms with Gasteiger partial charge in [0.15, 0.2) is 0 Å². The average molecular weight is 322 g/mol. The SMILES string of the molecule is C#CCNS(=O)(=O)c1ccc(C(=O)N2CCOC(C)C2)cc1. The van der Waals surface area contributed by atoms with E-state index in [0.29, 0.717) is 25.3 Å². The molecule has 0 radical (unpaired) electrons. The smallest absolute Gasteiger partial charge is 0.254 e. The Balaban J connectivity index is 2.12. The second kappa shape index (κ2) is 6.92. The molecule has 1 aromatic rings. The molecule has 1 atom stereocenters. The lowest BCUT2D eigenvalue weighted by Crippen LogP contribution is -2.44. The Morgan fingerprint density at radius 1 is 1.45 bits per heavy atom. The first-order valence-electron chi connectivity index (χ1n) is 6.88. The quantitative estimate of drug-likeness (QED) is 0.817. The highest BCUT2D eigenvalue weighted by atomic mass is 32.2. The lowest BCUT2D eigenvalue weighted by molar-refractivity contribution is -0.0124. The van der Waals surface area contributed by atoms with Crippen LogP contribution in [0, 0.1) is 12.3 Å². The largest absolute Gasteiger partial charge is 0.375 e. The highest BCUT2D eigenvalue weighted by Crippen LogP contribution is 2.14. The number of amides is 1. The van der Waals surface area contributed by atoms with Crippen molar-refractivity contribution in [2.45, 2.75) is 17.9 Å². The van der Waals surface area contributed by atoms with E-state index in [1.54, 1.807) is 4.90 Å². The first-order valence-corrected chi connectivity index (χ1v) is 8.36. The van der Waals surface area contributed by atoms with Crippen LogP contribution in [-0.4, -0.2) is 51.6 Å². The number of rotatable bonds is 4. The number of carbonyl (C=O) groups excluding carboxylic acids is 1. The molecular formula is C15H18N2O4S. The van der Waals surface area contributed by atoms with E-state index in [-0.39, 0.29) is 23.5 Å². The number of morpholine rings is 1. The van der Waals surface area contributed by atoms with Crippen LogP contribution in [0.2, 0.25) is 0 Å². The van der Waals surface area contributed by atoms with Crippen LogP contribution >= 0.6 is 0 Å². The van der Waals surface area contributed by atoms with Gasteiger partial charge in [0.2, 0.25) is 10.0 Å². The van der Waals surface area contributed by atoms with Gasteiger partial charge in [-0.2, -0.15) is 4.72 Å². The normalized spacial score (nSPS) is 18.7. The van der Waals surface area contributed by atoms with Gasteiger partial charge in [0.1, 0.15) is 0 Å². The number of ether oxygens (including phenoxy) is 1. The van der Waals surface area contributed by atoms with Gasteiger partial charge < -0.3 is 9.64 Å². The number of nitrogens with zero attached hydrogens (tertiary/aromatic N) is 1. The summed E-state index contributed by atoms with van der Waals surface area (Å²) in [6.45, 7) is 3.41. The molecule has 2 rings (SSSR count). The minimum Gasteiger partial charge on any atom is -0.375 e. The van der Waals surface area contributed by atoms with E-state index >= 15 is 0 Å². The van der Waals surface area contributed by atoms with Gasteiger partial charge in [0, 0.05) is 18.7 Å². The predicted octanol–water partition coefficient (Wildman–Crippen LogP) is 0.459. The lowest BCUT2D eigenvalue weighted by atomic mass is 10.2. The molecule has 0 bridgehead atoms. The highest BCUT2D eigenvalue weighted by molar-refractivity contribution is 7.89. The van der Waals surface area contributed by atoms with Crippen LogP contribution in [0.25, 0.3) is 0 Å². The molecule has 1 N–H and O–H groups in total. The van der Waals surface area contributed by atoms with Crippen molar-refractivity contribution >= 4 is 15.9 Å². The van der Waals surface area contributed by atoms with Gasteiger partial charge in [-0.15, -0.1) is 6.42 Å². The van der Waals surface area contributed by atoms with Gasteiger partial charge in [0.25, 0.3) is 5.91 Å². The Kier molecular flexibility index (Phi) is 5.19. The van der Waals surface area contributed by atoms with Crippen molar-refractivity contribution in [2.75, 3.05) is 26.2 Å². The second-order valence-corrected chi connectivity index (χ2v) is 6.75. The van der Waals surface area contributed by atoms with Crippen molar-refractivity contribution in [3.05, 3.63) is 29.8 Å². The van der Waals surface area contributed by atoms with Gasteiger partial charge in [-0.05, 0) is 31.2 Å². The van der Waals surface area contributed by atoms with Gasteiger partial charge >= 0.3 is 0 Å². The highest BCUT2D eigenvalue weighted by Gasteiger charge is 2.23. The van der Waals surface area contributed by atoms with Gasteiger partial charge in [-0.25, -0.2) is 8.42 Å². The molecule has 22 heavy (non-hydrogen) atoms. The first kappa shape index (κ1) is 16.5. The van der Waals surface area contributed by atoms with E-state index in [9.17, 15) is 13.2 Å². The fraction of sp³-hybridized carbons (Fsp3) is 0.400. The Morgan fingerprint density at radius 3 is 2.73 bits per heavy atom. The van der Waals surface area contributed by atoms with E-state index in [1.165, 1.54) is 24.3 Å². The topological polar surface area (TPSA) is 75.7 Å². The van der Waals surface area contributed by atoms with E-state index in [2.05, 4.69) is 10.6 Å². The van der Waals surface area contributed by atoms with E-state index in [4.69, 9.17) is 11.2 Å². The molecule has 0 aliphatic carbocycles. The number of sulfonamides is 1. The molecule has 1 fully saturated rings. The predicted molar refractivity (Wildman–Crippen MR) is 81.8 cm³/mol. The standard InChI is InChI=1S/C15H18N2O4S/c1-3-8-16-22(19,20)14-6-4-13(5-7-14)15(18)17-9-10-21-12(2)11-17/h1,4-7,12,16H,8-11H2,2H3. The zero-order valence-corrected chi connectivity index (χ0v) is 13.1. The molecule has 1 aromatic carbocycles. The number of hydrogen-bond acceptors (Lipinski definition) is 4. The molecule has 1 unspecified atom stereocenters. The number of nitrogens with one attached hydrogen (secondary N) is 1. The van der Waals surface area contributed by atoms with Gasteiger partial charge in [0.05, 0.1) is 24.2 Å². The third-order valence-corrected chi connectivity index (χ3v) is 4.72. The van der Waals surface area contributed by atoms with Gasteiger partial charge in [-0.1, -0.05) is 5.92 Å². The maximum Gasteiger partial charge on any atom is 0.254 e. The van der Waals surface area contributed by atoms with Gasteiger partial charge in [-0.3, -0.25) is 4.79 Å². The van der Waals surface area contributed by atoms with Crippen molar-refractivity contribution in [3.63, 3.8) is 0 Å². The van der Waals surface area contributed by atoms with Crippen molar-refractivity contribution in [3.8, 4) is 12.3 Å². The summed E-state index contributed by atoms with van der Waals surface area (Å²) in [4.78, 5) is 14.1. The second-order valence-electron chi connectivity index (χ2n) is 4.99. The Labute approximate surface area is 130 Å². The number of terminal acetylenes is 1. The molecular weight excluding hydrogens is 304 g/mol. The fourth-order valence-electron chi connectivity index (χ4n) is 2.18. The first-order chi connectivity index (χ1) is 10.4. The van der Waals surface area contributed by atoms with E-state index < -0.39 is 10.0 Å². The maximum absolute atomic E-state index is 12.4. The summed E-state index contributed by atoms with van der Waals surface area (Å²) in [5, 5.41) is 0. The molecule has 7 heteroatoms. The summed E-state index contributed by atoms with van der Waals surface area (Å²) in [5.74, 6) is 2.08. The summed E-state index contributed by atoms with van der Waals surface area (Å²) in [6, 6.07) is 5.81. The monoisotopic (exact) mass is 322 g/mol. The lowest BCUT2D eigenvalue weighted by Gasteiger charge is -2.31. The number of hydrogen-bond donors (Lipinski definition) is 1. The summed E-state index contributed by atoms with van der Waals surface area (Å²) < 4.78 is 31.5. The molecule has 0 saturated carbocycles. The summed E-state index contributed by atoms with van der Waals surface area (Å²) in [6.07, 6.45) is 5.04. The Hall–Kier alpha value is -1.88. The molecule has 0 aromatic heterocycles. The maximum atomic E-state index is 12.4. The molecule has 1 heterocycles. The third kappa shape index (κ3) is 3.85. The van der Waals surface area contributed by atoms with Crippen LogP contribution < -0.4 is 4.72 Å². The fourth-order valence-corrected chi connectivity index (χ4v) is 3.12.